The Morgan fingerprint density at radius 2 is 2.41 bits per heavy atom. The lowest BCUT2D eigenvalue weighted by atomic mass is 10.2. The van der Waals surface area contributed by atoms with Crippen molar-refractivity contribution in [2.75, 3.05) is 7.11 Å². The number of hydrogen-bond donors (Lipinski definition) is 1. The number of halogens is 1. The molecule has 2 rings (SSSR count). The molecular formula is C10H5ClN2O3S. The predicted octanol–water partition coefficient (Wildman–Crippen LogP) is 2.31. The number of aromatic nitrogens is 1. The Morgan fingerprint density at radius 1 is 1.71 bits per heavy atom. The number of carbonyl (C=O) groups excluding carboxylic acids is 1. The third-order valence-corrected chi connectivity index (χ3v) is 3.44. The van der Waals surface area contributed by atoms with E-state index < -0.39 is 5.97 Å². The molecule has 2 aromatic heterocycles. The van der Waals surface area contributed by atoms with E-state index in [0.29, 0.717) is 10.2 Å². The molecule has 0 saturated heterocycles. The number of esters is 1. The summed E-state index contributed by atoms with van der Waals surface area (Å²) in [6.45, 7) is 0. The lowest BCUT2D eigenvalue weighted by Crippen LogP contribution is -1.97. The standard InChI is InChI=1S/C10H5ClN2O3S/c1-16-10(15)8-7(14)4-2-5(11)6(3-12)13-9(4)17-8/h2,14H,1H3. The first-order chi connectivity index (χ1) is 8.08. The van der Waals surface area contributed by atoms with E-state index in [1.54, 1.807) is 0 Å². The number of pyridine rings is 1. The average Bonchev–Trinajstić information content (AvgIpc) is 2.65. The summed E-state index contributed by atoms with van der Waals surface area (Å²) < 4.78 is 4.52. The van der Waals surface area contributed by atoms with E-state index >= 15 is 0 Å². The fourth-order valence-corrected chi connectivity index (χ4v) is 2.46. The number of rotatable bonds is 1. The summed E-state index contributed by atoms with van der Waals surface area (Å²) in [7, 11) is 1.22. The van der Waals surface area contributed by atoms with Crippen LogP contribution in [0.3, 0.4) is 0 Å². The van der Waals surface area contributed by atoms with Crippen molar-refractivity contribution in [2.45, 2.75) is 0 Å². The third kappa shape index (κ3) is 1.79. The van der Waals surface area contributed by atoms with Gasteiger partial charge in [-0.15, -0.1) is 11.3 Å². The van der Waals surface area contributed by atoms with Gasteiger partial charge in [0.2, 0.25) is 0 Å². The molecule has 7 heteroatoms. The molecule has 1 N–H and O–H groups in total. The molecule has 0 bridgehead atoms. The fraction of sp³-hybridized carbons (Fsp3) is 0.100. The summed E-state index contributed by atoms with van der Waals surface area (Å²) in [4.78, 5) is 15.7. The Morgan fingerprint density at radius 3 is 3.00 bits per heavy atom. The molecule has 0 amide bonds. The highest BCUT2D eigenvalue weighted by Crippen LogP contribution is 2.37. The number of nitrogens with zero attached hydrogens (tertiary/aromatic N) is 2. The van der Waals surface area contributed by atoms with Gasteiger partial charge in [-0.1, -0.05) is 11.6 Å². The maximum Gasteiger partial charge on any atom is 0.351 e. The maximum absolute atomic E-state index is 11.3. The molecule has 0 radical (unpaired) electrons. The second-order valence-electron chi connectivity index (χ2n) is 3.05. The van der Waals surface area contributed by atoms with Gasteiger partial charge in [-0.05, 0) is 6.07 Å². The normalized spacial score (nSPS) is 10.2. The molecule has 0 unspecified atom stereocenters. The van der Waals surface area contributed by atoms with E-state index in [1.165, 1.54) is 13.2 Å². The van der Waals surface area contributed by atoms with Gasteiger partial charge in [0.05, 0.1) is 17.5 Å². The number of carbonyl (C=O) groups is 1. The van der Waals surface area contributed by atoms with Crippen LogP contribution in [0.5, 0.6) is 5.75 Å². The van der Waals surface area contributed by atoms with Crippen molar-refractivity contribution in [1.82, 2.24) is 4.98 Å². The molecule has 0 aliphatic rings. The van der Waals surface area contributed by atoms with Crippen molar-refractivity contribution in [3.8, 4) is 11.8 Å². The van der Waals surface area contributed by atoms with Gasteiger partial charge in [0.1, 0.15) is 10.9 Å². The second-order valence-corrected chi connectivity index (χ2v) is 4.46. The molecule has 0 fully saturated rings. The van der Waals surface area contributed by atoms with Crippen LogP contribution >= 0.6 is 22.9 Å². The molecule has 0 atom stereocenters. The van der Waals surface area contributed by atoms with E-state index in [4.69, 9.17) is 16.9 Å². The highest BCUT2D eigenvalue weighted by molar-refractivity contribution is 7.20. The van der Waals surface area contributed by atoms with Crippen LogP contribution in [0.15, 0.2) is 6.07 Å². The minimum Gasteiger partial charge on any atom is -0.505 e. The first kappa shape index (κ1) is 11.6. The van der Waals surface area contributed by atoms with Crippen LogP contribution in [0.4, 0.5) is 0 Å². The lowest BCUT2D eigenvalue weighted by Gasteiger charge is -1.95. The van der Waals surface area contributed by atoms with Crippen LogP contribution < -0.4 is 0 Å². The first-order valence-corrected chi connectivity index (χ1v) is 5.58. The molecule has 5 nitrogen and oxygen atoms in total. The summed E-state index contributed by atoms with van der Waals surface area (Å²) in [6, 6.07) is 3.23. The quantitative estimate of drug-likeness (QED) is 0.803. The minimum absolute atomic E-state index is 0.0427. The zero-order valence-electron chi connectivity index (χ0n) is 8.52. The largest absolute Gasteiger partial charge is 0.505 e. The minimum atomic E-state index is -0.653. The molecule has 0 spiro atoms. The summed E-state index contributed by atoms with van der Waals surface area (Å²) in [5.41, 5.74) is 0.0526. The molecule has 86 valence electrons. The van der Waals surface area contributed by atoms with Crippen LogP contribution in [0.2, 0.25) is 5.02 Å². The van der Waals surface area contributed by atoms with Crippen LogP contribution in [-0.4, -0.2) is 23.2 Å². The summed E-state index contributed by atoms with van der Waals surface area (Å²) in [5.74, 6) is -0.879. The number of hydrogen-bond acceptors (Lipinski definition) is 6. The first-order valence-electron chi connectivity index (χ1n) is 4.39. The number of ether oxygens (including phenoxy) is 1. The van der Waals surface area contributed by atoms with Gasteiger partial charge < -0.3 is 9.84 Å². The number of nitriles is 1. The van der Waals surface area contributed by atoms with Gasteiger partial charge >= 0.3 is 5.97 Å². The smallest absolute Gasteiger partial charge is 0.351 e. The maximum atomic E-state index is 11.3. The number of fused-ring (bicyclic) bond motifs is 1. The fourth-order valence-electron chi connectivity index (χ4n) is 1.30. The van der Waals surface area contributed by atoms with Crippen LogP contribution in [0.25, 0.3) is 10.2 Å². The number of aromatic hydroxyl groups is 1. The molecular weight excluding hydrogens is 264 g/mol. The molecule has 0 aliphatic carbocycles. The van der Waals surface area contributed by atoms with E-state index in [0.717, 1.165) is 11.3 Å². The van der Waals surface area contributed by atoms with Crippen LogP contribution in [-0.2, 0) is 4.74 Å². The van der Waals surface area contributed by atoms with Gasteiger partial charge in [-0.25, -0.2) is 9.78 Å². The Labute approximate surface area is 105 Å². The Bertz CT molecular complexity index is 660. The van der Waals surface area contributed by atoms with Gasteiger partial charge in [0.25, 0.3) is 0 Å². The van der Waals surface area contributed by atoms with Crippen molar-refractivity contribution in [3.05, 3.63) is 21.7 Å². The Balaban J connectivity index is 2.75. The number of methoxy groups -OCH3 is 1. The van der Waals surface area contributed by atoms with Crippen molar-refractivity contribution in [1.29, 1.82) is 5.26 Å². The number of thiophene rings is 1. The predicted molar refractivity (Wildman–Crippen MR) is 62.3 cm³/mol. The van der Waals surface area contributed by atoms with Gasteiger partial charge in [0, 0.05) is 0 Å². The summed E-state index contributed by atoms with van der Waals surface area (Å²) in [6.07, 6.45) is 0. The molecule has 17 heavy (non-hydrogen) atoms. The molecule has 0 aromatic carbocycles. The zero-order valence-corrected chi connectivity index (χ0v) is 10.1. The average molecular weight is 269 g/mol. The van der Waals surface area contributed by atoms with Crippen molar-refractivity contribution in [3.63, 3.8) is 0 Å². The molecule has 2 aromatic rings. The van der Waals surface area contributed by atoms with Crippen LogP contribution in [0.1, 0.15) is 15.4 Å². The van der Waals surface area contributed by atoms with Crippen molar-refractivity contribution in [2.24, 2.45) is 0 Å². The molecule has 2 heterocycles. The molecule has 0 saturated carbocycles. The SMILES string of the molecule is COC(=O)c1sc2nc(C#N)c(Cl)cc2c1O. The monoisotopic (exact) mass is 268 g/mol. The van der Waals surface area contributed by atoms with E-state index in [2.05, 4.69) is 9.72 Å². The van der Waals surface area contributed by atoms with Gasteiger partial charge in [0.15, 0.2) is 16.3 Å². The van der Waals surface area contributed by atoms with Gasteiger partial charge in [-0.3, -0.25) is 0 Å². The van der Waals surface area contributed by atoms with Crippen molar-refractivity contribution >= 4 is 39.1 Å². The highest BCUT2D eigenvalue weighted by Gasteiger charge is 2.20. The van der Waals surface area contributed by atoms with E-state index in [1.807, 2.05) is 6.07 Å². The zero-order chi connectivity index (χ0) is 12.6. The lowest BCUT2D eigenvalue weighted by molar-refractivity contribution is 0.0603. The Hall–Kier alpha value is -1.84. The highest BCUT2D eigenvalue weighted by atomic mass is 35.5. The third-order valence-electron chi connectivity index (χ3n) is 2.09. The van der Waals surface area contributed by atoms with Crippen molar-refractivity contribution < 1.29 is 14.6 Å². The van der Waals surface area contributed by atoms with Gasteiger partial charge in [-0.2, -0.15) is 5.26 Å². The topological polar surface area (TPSA) is 83.2 Å². The summed E-state index contributed by atoms with van der Waals surface area (Å²) in [5, 5.41) is 19.0. The van der Waals surface area contributed by atoms with Crippen LogP contribution in [0, 0.1) is 11.3 Å². The Kier molecular flexibility index (Phi) is 2.88. The van der Waals surface area contributed by atoms with E-state index in [-0.39, 0.29) is 21.3 Å². The summed E-state index contributed by atoms with van der Waals surface area (Å²) >= 11 is 6.74. The van der Waals surface area contributed by atoms with E-state index in [9.17, 15) is 9.90 Å². The second kappa shape index (κ2) is 4.20. The molecule has 0 aliphatic heterocycles.